The maximum Gasteiger partial charge on any atom is 0.164 e. The average molecular weight is 295 g/mol. The zero-order valence-electron chi connectivity index (χ0n) is 12.7. The van der Waals surface area contributed by atoms with Crippen LogP contribution in [0.5, 0.6) is 0 Å². The van der Waals surface area contributed by atoms with Crippen molar-refractivity contribution in [2.45, 2.75) is 25.3 Å². The van der Waals surface area contributed by atoms with Crippen LogP contribution in [-0.4, -0.2) is 52.1 Å². The van der Waals surface area contributed by atoms with Gasteiger partial charge in [0.15, 0.2) is 5.65 Å². The lowest BCUT2D eigenvalue weighted by Crippen LogP contribution is -2.59. The molecule has 0 N–H and O–H groups in total. The lowest BCUT2D eigenvalue weighted by Gasteiger charge is -2.45. The Morgan fingerprint density at radius 3 is 2.59 bits per heavy atom. The molecule has 5 nitrogen and oxygen atoms in total. The normalized spacial score (nSPS) is 29.0. The van der Waals surface area contributed by atoms with Crippen LogP contribution >= 0.6 is 0 Å². The van der Waals surface area contributed by atoms with Gasteiger partial charge in [0.1, 0.15) is 12.1 Å². The largest absolute Gasteiger partial charge is 0.353 e. The van der Waals surface area contributed by atoms with E-state index in [2.05, 4.69) is 30.8 Å². The number of likely N-dealkylation sites (tertiary alicyclic amines) is 1. The van der Waals surface area contributed by atoms with E-state index in [9.17, 15) is 0 Å². The van der Waals surface area contributed by atoms with Crippen LogP contribution in [-0.2, 0) is 0 Å². The third-order valence-electron chi connectivity index (χ3n) is 5.82. The third-order valence-corrected chi connectivity index (χ3v) is 5.82. The van der Waals surface area contributed by atoms with Crippen LogP contribution in [0.25, 0.3) is 11.0 Å². The fourth-order valence-corrected chi connectivity index (χ4v) is 4.56. The highest BCUT2D eigenvalue weighted by atomic mass is 15.3. The molecule has 3 fully saturated rings. The topological polar surface area (TPSA) is 45.2 Å². The number of hydrogen-bond donors (Lipinski definition) is 0. The zero-order valence-corrected chi connectivity index (χ0v) is 12.7. The molecule has 2 atom stereocenters. The second-order valence-corrected chi connectivity index (χ2v) is 7.04. The molecule has 114 valence electrons. The molecule has 0 bridgehead atoms. The van der Waals surface area contributed by atoms with Crippen LogP contribution in [0.4, 0.5) is 5.82 Å². The second kappa shape index (κ2) is 4.88. The molecule has 1 saturated carbocycles. The van der Waals surface area contributed by atoms with Crippen LogP contribution in [0.15, 0.2) is 24.7 Å². The molecule has 3 aliphatic rings. The Hall–Kier alpha value is -1.75. The molecule has 2 saturated heterocycles. The van der Waals surface area contributed by atoms with Gasteiger partial charge in [-0.2, -0.15) is 0 Å². The Morgan fingerprint density at radius 2 is 1.77 bits per heavy atom. The number of nitrogens with zero attached hydrogens (tertiary/aromatic N) is 5. The Labute approximate surface area is 130 Å². The predicted octanol–water partition coefficient (Wildman–Crippen LogP) is 1.95. The highest BCUT2D eigenvalue weighted by Crippen LogP contribution is 2.40. The number of hydrogen-bond acceptors (Lipinski definition) is 5. The van der Waals surface area contributed by atoms with Gasteiger partial charge in [-0.25, -0.2) is 15.0 Å². The molecule has 5 rings (SSSR count). The number of anilines is 1. The van der Waals surface area contributed by atoms with Crippen molar-refractivity contribution < 1.29 is 0 Å². The maximum atomic E-state index is 4.50. The molecule has 0 spiro atoms. The van der Waals surface area contributed by atoms with Crippen molar-refractivity contribution in [3.8, 4) is 0 Å². The molecule has 0 radical (unpaired) electrons. The first kappa shape index (κ1) is 12.8. The van der Waals surface area contributed by atoms with Crippen molar-refractivity contribution in [2.75, 3.05) is 31.1 Å². The molecular weight excluding hydrogens is 274 g/mol. The van der Waals surface area contributed by atoms with Crippen molar-refractivity contribution in [1.82, 2.24) is 19.9 Å². The Balaban J connectivity index is 1.31. The van der Waals surface area contributed by atoms with Crippen LogP contribution < -0.4 is 4.90 Å². The van der Waals surface area contributed by atoms with Gasteiger partial charge >= 0.3 is 0 Å². The summed E-state index contributed by atoms with van der Waals surface area (Å²) >= 11 is 0. The van der Waals surface area contributed by atoms with Crippen LogP contribution in [0.1, 0.15) is 19.3 Å². The number of fused-ring (bicyclic) bond motifs is 2. The lowest BCUT2D eigenvalue weighted by atomic mass is 10.0. The summed E-state index contributed by atoms with van der Waals surface area (Å²) in [5, 5.41) is 1.07. The Bertz CT molecular complexity index is 679. The van der Waals surface area contributed by atoms with E-state index in [-0.39, 0.29) is 0 Å². The summed E-state index contributed by atoms with van der Waals surface area (Å²) in [6.07, 6.45) is 7.80. The SMILES string of the molecule is c1cnc2ncnc(N3CC(N4CC5CCCC5C4)C3)c2c1. The molecule has 2 aromatic heterocycles. The molecule has 22 heavy (non-hydrogen) atoms. The summed E-state index contributed by atoms with van der Waals surface area (Å²) < 4.78 is 0. The van der Waals surface area contributed by atoms with Gasteiger partial charge in [0.05, 0.1) is 5.39 Å². The Morgan fingerprint density at radius 1 is 0.955 bits per heavy atom. The van der Waals surface area contributed by atoms with E-state index < -0.39 is 0 Å². The van der Waals surface area contributed by atoms with E-state index in [0.717, 1.165) is 41.8 Å². The van der Waals surface area contributed by atoms with E-state index in [1.807, 2.05) is 6.07 Å². The molecular formula is C17H21N5. The van der Waals surface area contributed by atoms with E-state index in [1.165, 1.54) is 32.4 Å². The van der Waals surface area contributed by atoms with E-state index in [1.54, 1.807) is 12.5 Å². The van der Waals surface area contributed by atoms with Crippen molar-refractivity contribution in [2.24, 2.45) is 11.8 Å². The molecule has 0 aromatic carbocycles. The van der Waals surface area contributed by atoms with Crippen molar-refractivity contribution in [1.29, 1.82) is 0 Å². The summed E-state index contributed by atoms with van der Waals surface area (Å²) in [6, 6.07) is 4.76. The third kappa shape index (κ3) is 1.92. The molecule has 2 aromatic rings. The van der Waals surface area contributed by atoms with Gasteiger partial charge in [0.2, 0.25) is 0 Å². The maximum absolute atomic E-state index is 4.50. The molecule has 2 aliphatic heterocycles. The smallest absolute Gasteiger partial charge is 0.164 e. The molecule has 0 amide bonds. The predicted molar refractivity (Wildman–Crippen MR) is 85.7 cm³/mol. The quantitative estimate of drug-likeness (QED) is 0.847. The minimum absolute atomic E-state index is 0.715. The summed E-state index contributed by atoms with van der Waals surface area (Å²) in [4.78, 5) is 18.2. The molecule has 1 aliphatic carbocycles. The molecule has 4 heterocycles. The van der Waals surface area contributed by atoms with Crippen molar-refractivity contribution >= 4 is 16.9 Å². The van der Waals surface area contributed by atoms with Crippen LogP contribution in [0, 0.1) is 11.8 Å². The summed E-state index contributed by atoms with van der Waals surface area (Å²) in [7, 11) is 0. The van der Waals surface area contributed by atoms with Crippen molar-refractivity contribution in [3.63, 3.8) is 0 Å². The highest BCUT2D eigenvalue weighted by molar-refractivity contribution is 5.86. The Kier molecular flexibility index (Phi) is 2.83. The fourth-order valence-electron chi connectivity index (χ4n) is 4.56. The van der Waals surface area contributed by atoms with E-state index in [4.69, 9.17) is 0 Å². The average Bonchev–Trinajstić information content (AvgIpc) is 3.07. The van der Waals surface area contributed by atoms with Gasteiger partial charge in [-0.3, -0.25) is 4.90 Å². The van der Waals surface area contributed by atoms with E-state index in [0.29, 0.717) is 6.04 Å². The van der Waals surface area contributed by atoms with Gasteiger partial charge in [0.25, 0.3) is 0 Å². The minimum atomic E-state index is 0.715. The van der Waals surface area contributed by atoms with Gasteiger partial charge in [-0.15, -0.1) is 0 Å². The lowest BCUT2D eigenvalue weighted by molar-refractivity contribution is 0.190. The summed E-state index contributed by atoms with van der Waals surface area (Å²) in [5.74, 6) is 3.02. The standard InChI is InChI=1S/C17H21N5/c1-3-12-7-21(8-13(12)4-1)14-9-22(10-14)17-15-5-2-6-18-16(15)19-11-20-17/h2,5-6,11-14H,1,3-4,7-10H2. The fraction of sp³-hybridized carbons (Fsp3) is 0.588. The minimum Gasteiger partial charge on any atom is -0.353 e. The second-order valence-electron chi connectivity index (χ2n) is 7.04. The van der Waals surface area contributed by atoms with Gasteiger partial charge in [0, 0.05) is 38.4 Å². The van der Waals surface area contributed by atoms with Gasteiger partial charge < -0.3 is 4.90 Å². The van der Waals surface area contributed by atoms with Crippen molar-refractivity contribution in [3.05, 3.63) is 24.7 Å². The first-order valence-electron chi connectivity index (χ1n) is 8.43. The molecule has 5 heteroatoms. The van der Waals surface area contributed by atoms with Gasteiger partial charge in [-0.1, -0.05) is 6.42 Å². The first-order valence-corrected chi connectivity index (χ1v) is 8.43. The zero-order chi connectivity index (χ0) is 14.5. The number of pyridine rings is 1. The van der Waals surface area contributed by atoms with Gasteiger partial charge in [-0.05, 0) is 36.8 Å². The first-order chi connectivity index (χ1) is 10.9. The molecule has 2 unspecified atom stereocenters. The van der Waals surface area contributed by atoms with E-state index >= 15 is 0 Å². The number of rotatable bonds is 2. The summed E-state index contributed by atoms with van der Waals surface area (Å²) in [5.41, 5.74) is 0.798. The van der Waals surface area contributed by atoms with Crippen LogP contribution in [0.2, 0.25) is 0 Å². The summed E-state index contributed by atoms with van der Waals surface area (Å²) in [6.45, 7) is 4.85. The van der Waals surface area contributed by atoms with Crippen LogP contribution in [0.3, 0.4) is 0 Å². The monoisotopic (exact) mass is 295 g/mol. The number of aromatic nitrogens is 3. The highest BCUT2D eigenvalue weighted by Gasteiger charge is 2.42.